The number of hydrogen-bond acceptors (Lipinski definition) is 3. The standard InChI is InChI=1S/C16H15Cl2N3O/c17-13-4-3-5-14(18)15(13)20-12-8-11(9-19-10-12)16(22)21-6-1-2-7-21/h3-5,8-10,20H,1-2,6-7H2. The number of carbonyl (C=O) groups excluding carboxylic acids is 1. The molecular weight excluding hydrogens is 321 g/mol. The first kappa shape index (κ1) is 15.1. The summed E-state index contributed by atoms with van der Waals surface area (Å²) in [5, 5.41) is 4.16. The molecule has 3 rings (SSSR count). The Morgan fingerprint density at radius 3 is 2.50 bits per heavy atom. The van der Waals surface area contributed by atoms with Crippen molar-refractivity contribution in [2.45, 2.75) is 12.8 Å². The van der Waals surface area contributed by atoms with Gasteiger partial charge in [0.25, 0.3) is 5.91 Å². The van der Waals surface area contributed by atoms with Gasteiger partial charge in [-0.05, 0) is 31.0 Å². The molecule has 0 spiro atoms. The largest absolute Gasteiger partial charge is 0.352 e. The molecular formula is C16H15Cl2N3O. The lowest BCUT2D eigenvalue weighted by molar-refractivity contribution is 0.0792. The molecule has 1 aromatic heterocycles. The number of likely N-dealkylation sites (tertiary alicyclic amines) is 1. The first-order chi connectivity index (χ1) is 10.6. The van der Waals surface area contributed by atoms with E-state index < -0.39 is 0 Å². The lowest BCUT2D eigenvalue weighted by Gasteiger charge is -2.16. The quantitative estimate of drug-likeness (QED) is 0.905. The minimum Gasteiger partial charge on any atom is -0.352 e. The molecule has 22 heavy (non-hydrogen) atoms. The summed E-state index contributed by atoms with van der Waals surface area (Å²) < 4.78 is 0. The minimum atomic E-state index is 0.0129. The summed E-state index contributed by atoms with van der Waals surface area (Å²) in [6.45, 7) is 1.62. The highest BCUT2D eigenvalue weighted by atomic mass is 35.5. The molecule has 0 bridgehead atoms. The van der Waals surface area contributed by atoms with Crippen LogP contribution in [0.5, 0.6) is 0 Å². The van der Waals surface area contributed by atoms with Gasteiger partial charge in [0.15, 0.2) is 0 Å². The molecule has 0 atom stereocenters. The molecule has 0 aliphatic carbocycles. The number of nitrogens with one attached hydrogen (secondary N) is 1. The number of benzene rings is 1. The second-order valence-corrected chi connectivity index (χ2v) is 6.00. The van der Waals surface area contributed by atoms with Crippen LogP contribution in [-0.4, -0.2) is 28.9 Å². The van der Waals surface area contributed by atoms with Gasteiger partial charge in [-0.15, -0.1) is 0 Å². The Labute approximate surface area is 139 Å². The van der Waals surface area contributed by atoms with E-state index in [9.17, 15) is 4.79 Å². The molecule has 1 N–H and O–H groups in total. The van der Waals surface area contributed by atoms with Gasteiger partial charge in [-0.25, -0.2) is 0 Å². The Hall–Kier alpha value is -1.78. The molecule has 0 saturated carbocycles. The van der Waals surface area contributed by atoms with Gasteiger partial charge in [0.2, 0.25) is 0 Å². The number of aromatic nitrogens is 1. The van der Waals surface area contributed by atoms with Crippen molar-refractivity contribution in [3.63, 3.8) is 0 Å². The molecule has 114 valence electrons. The zero-order valence-electron chi connectivity index (χ0n) is 11.9. The maximum atomic E-state index is 12.4. The first-order valence-corrected chi connectivity index (χ1v) is 7.86. The normalized spacial score (nSPS) is 14.2. The summed E-state index contributed by atoms with van der Waals surface area (Å²) in [4.78, 5) is 18.4. The van der Waals surface area contributed by atoms with Crippen LogP contribution >= 0.6 is 23.2 Å². The Balaban J connectivity index is 1.83. The van der Waals surface area contributed by atoms with Crippen LogP contribution in [0.2, 0.25) is 10.0 Å². The van der Waals surface area contributed by atoms with Gasteiger partial charge in [-0.1, -0.05) is 29.3 Å². The molecule has 0 radical (unpaired) electrons. The van der Waals surface area contributed by atoms with Gasteiger partial charge in [0, 0.05) is 19.3 Å². The van der Waals surface area contributed by atoms with Gasteiger partial charge in [0.05, 0.1) is 33.2 Å². The van der Waals surface area contributed by atoms with E-state index in [1.807, 2.05) is 4.90 Å². The topological polar surface area (TPSA) is 45.2 Å². The van der Waals surface area contributed by atoms with Crippen LogP contribution in [0.4, 0.5) is 11.4 Å². The zero-order chi connectivity index (χ0) is 15.5. The van der Waals surface area contributed by atoms with Crippen molar-refractivity contribution < 1.29 is 4.79 Å². The third kappa shape index (κ3) is 3.18. The Kier molecular flexibility index (Phi) is 4.50. The number of rotatable bonds is 3. The van der Waals surface area contributed by atoms with Gasteiger partial charge < -0.3 is 10.2 Å². The van der Waals surface area contributed by atoms with Crippen LogP contribution in [-0.2, 0) is 0 Å². The van der Waals surface area contributed by atoms with Gasteiger partial charge in [0.1, 0.15) is 0 Å². The van der Waals surface area contributed by atoms with E-state index >= 15 is 0 Å². The van der Waals surface area contributed by atoms with Crippen molar-refractivity contribution in [3.8, 4) is 0 Å². The summed E-state index contributed by atoms with van der Waals surface area (Å²) in [5.41, 5.74) is 1.86. The lowest BCUT2D eigenvalue weighted by atomic mass is 10.2. The predicted octanol–water partition coefficient (Wildman–Crippen LogP) is 4.37. The number of halogens is 2. The monoisotopic (exact) mass is 335 g/mol. The SMILES string of the molecule is O=C(c1cncc(Nc2c(Cl)cccc2Cl)c1)N1CCCC1. The summed E-state index contributed by atoms with van der Waals surface area (Å²) in [6.07, 6.45) is 5.35. The number of para-hydroxylation sites is 1. The van der Waals surface area contributed by atoms with Crippen molar-refractivity contribution in [3.05, 3.63) is 52.3 Å². The van der Waals surface area contributed by atoms with E-state index in [1.165, 1.54) is 0 Å². The summed E-state index contributed by atoms with van der Waals surface area (Å²) >= 11 is 12.3. The highest BCUT2D eigenvalue weighted by Gasteiger charge is 2.20. The highest BCUT2D eigenvalue weighted by Crippen LogP contribution is 2.32. The van der Waals surface area contributed by atoms with Gasteiger partial charge in [-0.3, -0.25) is 9.78 Å². The Morgan fingerprint density at radius 2 is 1.82 bits per heavy atom. The summed E-state index contributed by atoms with van der Waals surface area (Å²) in [7, 11) is 0. The predicted molar refractivity (Wildman–Crippen MR) is 89.1 cm³/mol. The fourth-order valence-corrected chi connectivity index (χ4v) is 2.98. The second-order valence-electron chi connectivity index (χ2n) is 5.18. The molecule has 6 heteroatoms. The van der Waals surface area contributed by atoms with Crippen LogP contribution in [0.15, 0.2) is 36.7 Å². The number of pyridine rings is 1. The average Bonchev–Trinajstić information content (AvgIpc) is 3.05. The molecule has 1 fully saturated rings. The Morgan fingerprint density at radius 1 is 1.14 bits per heavy atom. The zero-order valence-corrected chi connectivity index (χ0v) is 13.4. The fraction of sp³-hybridized carbons (Fsp3) is 0.250. The maximum Gasteiger partial charge on any atom is 0.255 e. The maximum absolute atomic E-state index is 12.4. The number of amides is 1. The van der Waals surface area contributed by atoms with Crippen molar-refractivity contribution in [1.82, 2.24) is 9.88 Å². The third-order valence-electron chi connectivity index (χ3n) is 3.61. The van der Waals surface area contributed by atoms with E-state index in [4.69, 9.17) is 23.2 Å². The lowest BCUT2D eigenvalue weighted by Crippen LogP contribution is -2.27. The average molecular weight is 336 g/mol. The van der Waals surface area contributed by atoms with E-state index in [2.05, 4.69) is 10.3 Å². The molecule has 1 aliphatic heterocycles. The van der Waals surface area contributed by atoms with Crippen molar-refractivity contribution in [2.75, 3.05) is 18.4 Å². The molecule has 2 aromatic rings. The second kappa shape index (κ2) is 6.55. The van der Waals surface area contributed by atoms with Crippen molar-refractivity contribution in [1.29, 1.82) is 0 Å². The molecule has 1 saturated heterocycles. The van der Waals surface area contributed by atoms with Crippen LogP contribution < -0.4 is 5.32 Å². The van der Waals surface area contributed by atoms with E-state index in [1.54, 1.807) is 36.7 Å². The molecule has 1 aromatic carbocycles. The summed E-state index contributed by atoms with van der Waals surface area (Å²) in [5.74, 6) is 0.0129. The number of anilines is 2. The third-order valence-corrected chi connectivity index (χ3v) is 4.24. The van der Waals surface area contributed by atoms with Crippen LogP contribution in [0, 0.1) is 0 Å². The smallest absolute Gasteiger partial charge is 0.255 e. The molecule has 4 nitrogen and oxygen atoms in total. The van der Waals surface area contributed by atoms with Gasteiger partial charge >= 0.3 is 0 Å². The van der Waals surface area contributed by atoms with Crippen molar-refractivity contribution >= 4 is 40.5 Å². The van der Waals surface area contributed by atoms with Crippen LogP contribution in [0.3, 0.4) is 0 Å². The highest BCUT2D eigenvalue weighted by molar-refractivity contribution is 6.39. The molecule has 0 unspecified atom stereocenters. The van der Waals surface area contributed by atoms with Crippen molar-refractivity contribution in [2.24, 2.45) is 0 Å². The molecule has 2 heterocycles. The fourth-order valence-electron chi connectivity index (χ4n) is 2.49. The van der Waals surface area contributed by atoms with Gasteiger partial charge in [-0.2, -0.15) is 0 Å². The summed E-state index contributed by atoms with van der Waals surface area (Å²) in [6, 6.07) is 7.06. The van der Waals surface area contributed by atoms with Crippen LogP contribution in [0.1, 0.15) is 23.2 Å². The first-order valence-electron chi connectivity index (χ1n) is 7.10. The molecule has 1 amide bonds. The van der Waals surface area contributed by atoms with E-state index in [0.717, 1.165) is 25.9 Å². The Bertz CT molecular complexity index is 679. The minimum absolute atomic E-state index is 0.0129. The van der Waals surface area contributed by atoms with E-state index in [0.29, 0.717) is 27.0 Å². The molecule has 1 aliphatic rings. The number of hydrogen-bond donors (Lipinski definition) is 1. The number of carbonyl (C=O) groups is 1. The van der Waals surface area contributed by atoms with E-state index in [-0.39, 0.29) is 5.91 Å². The van der Waals surface area contributed by atoms with Crippen LogP contribution in [0.25, 0.3) is 0 Å². The number of nitrogens with zero attached hydrogens (tertiary/aromatic N) is 2.